The standard InChI is InChI=1S/C15H14ClFN2O/c1-9(2)10-4-3-5-12(6-10)19-15(20)13-7-11(17)8-18-14(13)16/h3-9H,1-2H3,(H,19,20). The lowest BCUT2D eigenvalue weighted by Gasteiger charge is -2.10. The predicted molar refractivity (Wildman–Crippen MR) is 77.7 cm³/mol. The van der Waals surface area contributed by atoms with Crippen LogP contribution in [0.25, 0.3) is 0 Å². The van der Waals surface area contributed by atoms with Gasteiger partial charge in [0.25, 0.3) is 5.91 Å². The Morgan fingerprint density at radius 2 is 2.10 bits per heavy atom. The summed E-state index contributed by atoms with van der Waals surface area (Å²) >= 11 is 5.80. The van der Waals surface area contributed by atoms with Crippen molar-refractivity contribution in [1.82, 2.24) is 4.98 Å². The Balaban J connectivity index is 2.23. The van der Waals surface area contributed by atoms with Gasteiger partial charge < -0.3 is 5.32 Å². The van der Waals surface area contributed by atoms with Crippen molar-refractivity contribution in [3.63, 3.8) is 0 Å². The number of hydrogen-bond acceptors (Lipinski definition) is 2. The summed E-state index contributed by atoms with van der Waals surface area (Å²) in [7, 11) is 0. The number of rotatable bonds is 3. The first kappa shape index (κ1) is 14.5. The molecule has 0 fully saturated rings. The topological polar surface area (TPSA) is 42.0 Å². The molecule has 1 amide bonds. The zero-order valence-electron chi connectivity index (χ0n) is 11.2. The molecule has 0 saturated carbocycles. The highest BCUT2D eigenvalue weighted by atomic mass is 35.5. The quantitative estimate of drug-likeness (QED) is 0.859. The minimum atomic E-state index is -0.601. The number of hydrogen-bond donors (Lipinski definition) is 1. The van der Waals surface area contributed by atoms with Gasteiger partial charge in [-0.2, -0.15) is 0 Å². The molecule has 3 nitrogen and oxygen atoms in total. The van der Waals surface area contributed by atoms with Crippen LogP contribution in [-0.2, 0) is 0 Å². The van der Waals surface area contributed by atoms with Gasteiger partial charge in [0.05, 0.1) is 11.8 Å². The molecule has 5 heteroatoms. The van der Waals surface area contributed by atoms with Gasteiger partial charge in [0.2, 0.25) is 0 Å². The summed E-state index contributed by atoms with van der Waals surface area (Å²) in [6.45, 7) is 4.13. The highest BCUT2D eigenvalue weighted by molar-refractivity contribution is 6.33. The van der Waals surface area contributed by atoms with Crippen molar-refractivity contribution in [2.75, 3.05) is 5.32 Å². The van der Waals surface area contributed by atoms with Gasteiger partial charge in [0.15, 0.2) is 0 Å². The van der Waals surface area contributed by atoms with Crippen LogP contribution in [0.15, 0.2) is 36.5 Å². The van der Waals surface area contributed by atoms with E-state index >= 15 is 0 Å². The molecule has 2 rings (SSSR count). The molecule has 1 aromatic carbocycles. The Kier molecular flexibility index (Phi) is 4.35. The Morgan fingerprint density at radius 1 is 1.35 bits per heavy atom. The first-order valence-electron chi connectivity index (χ1n) is 6.19. The molecule has 1 N–H and O–H groups in total. The van der Waals surface area contributed by atoms with E-state index < -0.39 is 11.7 Å². The minimum Gasteiger partial charge on any atom is -0.322 e. The van der Waals surface area contributed by atoms with Crippen LogP contribution < -0.4 is 5.32 Å². The number of carbonyl (C=O) groups is 1. The molecule has 0 spiro atoms. The number of aromatic nitrogens is 1. The lowest BCUT2D eigenvalue weighted by Crippen LogP contribution is -2.13. The number of pyridine rings is 1. The molecule has 0 aliphatic heterocycles. The van der Waals surface area contributed by atoms with Crippen LogP contribution in [0.3, 0.4) is 0 Å². The highest BCUT2D eigenvalue weighted by Gasteiger charge is 2.13. The van der Waals surface area contributed by atoms with Crippen molar-refractivity contribution < 1.29 is 9.18 Å². The van der Waals surface area contributed by atoms with Gasteiger partial charge >= 0.3 is 0 Å². The second kappa shape index (κ2) is 6.01. The fraction of sp³-hybridized carbons (Fsp3) is 0.200. The third-order valence-electron chi connectivity index (χ3n) is 2.86. The maximum absolute atomic E-state index is 13.1. The summed E-state index contributed by atoms with van der Waals surface area (Å²) in [5.74, 6) is -0.732. The molecule has 0 unspecified atom stereocenters. The molecule has 0 aliphatic carbocycles. The monoisotopic (exact) mass is 292 g/mol. The third-order valence-corrected chi connectivity index (χ3v) is 3.16. The summed E-state index contributed by atoms with van der Waals surface area (Å²) in [5, 5.41) is 2.67. The summed E-state index contributed by atoms with van der Waals surface area (Å²) in [4.78, 5) is 15.7. The molecule has 104 valence electrons. The third kappa shape index (κ3) is 3.33. The Hall–Kier alpha value is -1.94. The van der Waals surface area contributed by atoms with Crippen LogP contribution in [0.5, 0.6) is 0 Å². The van der Waals surface area contributed by atoms with Gasteiger partial charge in [-0.1, -0.05) is 37.6 Å². The molecule has 0 bridgehead atoms. The Morgan fingerprint density at radius 3 is 2.80 bits per heavy atom. The van der Waals surface area contributed by atoms with Crippen molar-refractivity contribution >= 4 is 23.2 Å². The first-order chi connectivity index (χ1) is 9.47. The van der Waals surface area contributed by atoms with Gasteiger partial charge in [0.1, 0.15) is 11.0 Å². The van der Waals surface area contributed by atoms with E-state index in [9.17, 15) is 9.18 Å². The van der Waals surface area contributed by atoms with Gasteiger partial charge in [0, 0.05) is 5.69 Å². The molecular formula is C15H14ClFN2O. The molecule has 2 aromatic rings. The molecule has 0 atom stereocenters. The van der Waals surface area contributed by atoms with E-state index in [-0.39, 0.29) is 10.7 Å². The summed E-state index contributed by atoms with van der Waals surface area (Å²) in [6.07, 6.45) is 0.971. The van der Waals surface area contributed by atoms with Crippen LogP contribution in [0.4, 0.5) is 10.1 Å². The second-order valence-corrected chi connectivity index (χ2v) is 5.08. The number of nitrogens with one attached hydrogen (secondary N) is 1. The molecule has 20 heavy (non-hydrogen) atoms. The zero-order valence-corrected chi connectivity index (χ0v) is 11.9. The fourth-order valence-electron chi connectivity index (χ4n) is 1.76. The predicted octanol–water partition coefficient (Wildman–Crippen LogP) is 4.25. The van der Waals surface area contributed by atoms with E-state index in [1.165, 1.54) is 0 Å². The zero-order chi connectivity index (χ0) is 14.7. The number of halogens is 2. The fourth-order valence-corrected chi connectivity index (χ4v) is 1.94. The van der Waals surface area contributed by atoms with Crippen LogP contribution in [0.2, 0.25) is 5.15 Å². The van der Waals surface area contributed by atoms with Crippen molar-refractivity contribution in [2.24, 2.45) is 0 Å². The van der Waals surface area contributed by atoms with Crippen LogP contribution >= 0.6 is 11.6 Å². The number of benzene rings is 1. The maximum atomic E-state index is 13.1. The minimum absolute atomic E-state index is 0.0154. The van der Waals surface area contributed by atoms with Crippen LogP contribution in [0.1, 0.15) is 35.7 Å². The lowest BCUT2D eigenvalue weighted by molar-refractivity contribution is 0.102. The SMILES string of the molecule is CC(C)c1cccc(NC(=O)c2cc(F)cnc2Cl)c1. The Labute approximate surface area is 121 Å². The average Bonchev–Trinajstić information content (AvgIpc) is 2.41. The van der Waals surface area contributed by atoms with Crippen molar-refractivity contribution in [1.29, 1.82) is 0 Å². The van der Waals surface area contributed by atoms with Gasteiger partial charge in [-0.25, -0.2) is 9.37 Å². The first-order valence-corrected chi connectivity index (χ1v) is 6.57. The normalized spacial score (nSPS) is 10.7. The van der Waals surface area contributed by atoms with Gasteiger partial charge in [-0.3, -0.25) is 4.79 Å². The summed E-state index contributed by atoms with van der Waals surface area (Å²) in [6, 6.07) is 8.55. The number of nitrogens with zero attached hydrogens (tertiary/aromatic N) is 1. The molecule has 0 aliphatic rings. The molecule has 0 saturated heterocycles. The van der Waals surface area contributed by atoms with Crippen molar-refractivity contribution in [3.05, 3.63) is 58.6 Å². The van der Waals surface area contributed by atoms with Crippen molar-refractivity contribution in [3.8, 4) is 0 Å². The lowest BCUT2D eigenvalue weighted by atomic mass is 10.0. The van der Waals surface area contributed by atoms with Gasteiger partial charge in [-0.15, -0.1) is 0 Å². The maximum Gasteiger partial charge on any atom is 0.258 e. The Bertz CT molecular complexity index is 644. The average molecular weight is 293 g/mol. The second-order valence-electron chi connectivity index (χ2n) is 4.73. The number of anilines is 1. The highest BCUT2D eigenvalue weighted by Crippen LogP contribution is 2.20. The van der Waals surface area contributed by atoms with Crippen LogP contribution in [-0.4, -0.2) is 10.9 Å². The number of carbonyl (C=O) groups excluding carboxylic acids is 1. The van der Waals surface area contributed by atoms with E-state index in [1.54, 1.807) is 6.07 Å². The smallest absolute Gasteiger partial charge is 0.258 e. The van der Waals surface area contributed by atoms with E-state index in [1.807, 2.05) is 18.2 Å². The molecular weight excluding hydrogens is 279 g/mol. The van der Waals surface area contributed by atoms with E-state index in [4.69, 9.17) is 11.6 Å². The van der Waals surface area contributed by atoms with Crippen LogP contribution in [0, 0.1) is 5.82 Å². The summed E-state index contributed by atoms with van der Waals surface area (Å²) in [5.41, 5.74) is 1.76. The van der Waals surface area contributed by atoms with E-state index in [0.717, 1.165) is 17.8 Å². The largest absolute Gasteiger partial charge is 0.322 e. The molecule has 0 radical (unpaired) electrons. The van der Waals surface area contributed by atoms with Gasteiger partial charge in [-0.05, 0) is 29.7 Å². The number of amides is 1. The van der Waals surface area contributed by atoms with E-state index in [0.29, 0.717) is 11.6 Å². The summed E-state index contributed by atoms with van der Waals surface area (Å²) < 4.78 is 13.1. The molecule has 1 aromatic heterocycles. The molecule has 1 heterocycles. The van der Waals surface area contributed by atoms with E-state index in [2.05, 4.69) is 24.1 Å². The van der Waals surface area contributed by atoms with Crippen molar-refractivity contribution in [2.45, 2.75) is 19.8 Å².